The predicted octanol–water partition coefficient (Wildman–Crippen LogP) is 3.58. The topological polar surface area (TPSA) is 119 Å². The molecule has 0 spiro atoms. The number of anilines is 1. The number of Topliss-reactive ketones (excluding diaryl/α,β-unsaturated/α-hetero) is 1. The molecule has 0 saturated carbocycles. The highest BCUT2D eigenvalue weighted by Crippen LogP contribution is 2.43. The molecule has 9 nitrogen and oxygen atoms in total. The van der Waals surface area contributed by atoms with E-state index in [0.29, 0.717) is 28.1 Å². The van der Waals surface area contributed by atoms with E-state index >= 15 is 0 Å². The van der Waals surface area contributed by atoms with Gasteiger partial charge in [-0.2, -0.15) is 0 Å². The van der Waals surface area contributed by atoms with Crippen molar-refractivity contribution in [2.24, 2.45) is 0 Å². The zero-order valence-electron chi connectivity index (χ0n) is 19.1. The summed E-state index contributed by atoms with van der Waals surface area (Å²) < 4.78 is 10.5. The Labute approximate surface area is 204 Å². The molecule has 1 amide bonds. The number of aliphatic hydroxyl groups excluding tert-OH is 1. The summed E-state index contributed by atoms with van der Waals surface area (Å²) >= 11 is 1.16. The van der Waals surface area contributed by atoms with Crippen molar-refractivity contribution >= 4 is 39.9 Å². The molecule has 1 saturated heterocycles. The Bertz CT molecular complexity index is 1390. The van der Waals surface area contributed by atoms with Gasteiger partial charge in [0, 0.05) is 12.0 Å². The van der Waals surface area contributed by atoms with E-state index in [4.69, 9.17) is 9.47 Å². The van der Waals surface area contributed by atoms with Gasteiger partial charge in [0.05, 0.1) is 24.3 Å². The zero-order chi connectivity index (χ0) is 24.9. The minimum atomic E-state index is -0.961. The molecule has 0 radical (unpaired) electrons. The third-order valence-electron chi connectivity index (χ3n) is 5.98. The number of hydrogen-bond donors (Lipinski definition) is 1. The molecule has 1 N–H and O–H groups in total. The van der Waals surface area contributed by atoms with E-state index in [1.54, 1.807) is 49.4 Å². The highest BCUT2D eigenvalue weighted by Gasteiger charge is 2.48. The number of rotatable bonds is 4. The fraction of sp³-hybridized carbons (Fsp3) is 0.240. The van der Waals surface area contributed by atoms with Gasteiger partial charge in [-0.15, -0.1) is 10.2 Å². The van der Waals surface area contributed by atoms with Crippen molar-refractivity contribution in [3.8, 4) is 5.75 Å². The van der Waals surface area contributed by atoms with Gasteiger partial charge in [-0.3, -0.25) is 14.5 Å². The Morgan fingerprint density at radius 1 is 1.14 bits per heavy atom. The molecule has 0 bridgehead atoms. The lowest BCUT2D eigenvalue weighted by Crippen LogP contribution is -2.29. The first kappa shape index (κ1) is 22.7. The minimum absolute atomic E-state index is 0.0157. The second-order valence-corrected chi connectivity index (χ2v) is 9.50. The number of hydrogen-bond acceptors (Lipinski definition) is 9. The summed E-state index contributed by atoms with van der Waals surface area (Å²) in [7, 11) is 1.28. The first-order valence-electron chi connectivity index (χ1n) is 10.9. The van der Waals surface area contributed by atoms with Crippen LogP contribution >= 0.6 is 11.3 Å². The van der Waals surface area contributed by atoms with Gasteiger partial charge < -0.3 is 14.6 Å². The van der Waals surface area contributed by atoms with E-state index in [2.05, 4.69) is 10.2 Å². The standard InChI is InChI=1S/C25H21N3O6S/c1-12-10-17-11-16(8-9-18(17)34-12)21(29)19-20(14-4-6-15(7-5-14)24(32)33-3)28(23(31)22(19)30)25-27-26-13(2)35-25/h4-9,11-12,20,29H,10H2,1-3H3/t12-,20-/m1/s1. The van der Waals surface area contributed by atoms with Crippen LogP contribution in [-0.4, -0.2) is 46.2 Å². The van der Waals surface area contributed by atoms with E-state index in [1.165, 1.54) is 12.0 Å². The Balaban J connectivity index is 1.66. The molecule has 3 aromatic rings. The van der Waals surface area contributed by atoms with Gasteiger partial charge in [-0.1, -0.05) is 23.5 Å². The molecule has 2 aliphatic heterocycles. The Kier molecular flexibility index (Phi) is 5.60. The van der Waals surface area contributed by atoms with Crippen LogP contribution in [0.1, 0.15) is 45.0 Å². The van der Waals surface area contributed by atoms with E-state index in [9.17, 15) is 19.5 Å². The van der Waals surface area contributed by atoms with Gasteiger partial charge in [-0.25, -0.2) is 4.79 Å². The quantitative estimate of drug-likeness (QED) is 0.255. The van der Waals surface area contributed by atoms with Crippen LogP contribution in [0.4, 0.5) is 5.13 Å². The number of ether oxygens (including phenoxy) is 2. The van der Waals surface area contributed by atoms with Gasteiger partial charge >= 0.3 is 11.9 Å². The summed E-state index contributed by atoms with van der Waals surface area (Å²) in [6.07, 6.45) is 0.690. The lowest BCUT2D eigenvalue weighted by molar-refractivity contribution is -0.132. The highest BCUT2D eigenvalue weighted by molar-refractivity contribution is 7.15. The smallest absolute Gasteiger partial charge is 0.337 e. The number of amides is 1. The number of esters is 1. The zero-order valence-corrected chi connectivity index (χ0v) is 20.0. The van der Waals surface area contributed by atoms with Gasteiger partial charge in [0.25, 0.3) is 5.78 Å². The maximum atomic E-state index is 13.3. The molecular weight excluding hydrogens is 470 g/mol. The molecule has 2 aromatic carbocycles. The summed E-state index contributed by atoms with van der Waals surface area (Å²) in [4.78, 5) is 39.6. The number of nitrogens with zero attached hydrogens (tertiary/aromatic N) is 3. The Morgan fingerprint density at radius 2 is 1.86 bits per heavy atom. The van der Waals surface area contributed by atoms with Crippen LogP contribution < -0.4 is 9.64 Å². The molecule has 178 valence electrons. The van der Waals surface area contributed by atoms with Crippen LogP contribution in [0, 0.1) is 6.92 Å². The number of methoxy groups -OCH3 is 1. The molecule has 0 unspecified atom stereocenters. The van der Waals surface area contributed by atoms with Crippen LogP contribution in [-0.2, 0) is 20.7 Å². The van der Waals surface area contributed by atoms with Gasteiger partial charge in [0.1, 0.15) is 22.6 Å². The largest absolute Gasteiger partial charge is 0.507 e. The molecule has 10 heteroatoms. The van der Waals surface area contributed by atoms with Crippen molar-refractivity contribution in [1.82, 2.24) is 10.2 Å². The van der Waals surface area contributed by atoms with Crippen LogP contribution in [0.25, 0.3) is 5.76 Å². The SMILES string of the molecule is COC(=O)c1ccc([C@@H]2C(=C(O)c3ccc4c(c3)C[C@@H](C)O4)C(=O)C(=O)N2c2nnc(C)s2)cc1. The highest BCUT2D eigenvalue weighted by atomic mass is 32.1. The monoisotopic (exact) mass is 491 g/mol. The van der Waals surface area contributed by atoms with Crippen molar-refractivity contribution in [2.45, 2.75) is 32.4 Å². The van der Waals surface area contributed by atoms with E-state index in [-0.39, 0.29) is 22.6 Å². The number of carbonyl (C=O) groups is 3. The fourth-order valence-corrected chi connectivity index (χ4v) is 5.09. The average Bonchev–Trinajstić information content (AvgIpc) is 3.52. The second kappa shape index (κ2) is 8.62. The molecule has 1 aromatic heterocycles. The van der Waals surface area contributed by atoms with Crippen LogP contribution in [0.2, 0.25) is 0 Å². The van der Waals surface area contributed by atoms with Crippen LogP contribution in [0.15, 0.2) is 48.0 Å². The first-order chi connectivity index (χ1) is 16.8. The number of fused-ring (bicyclic) bond motifs is 1. The molecule has 2 atom stereocenters. The summed E-state index contributed by atoms with van der Waals surface area (Å²) in [5, 5.41) is 20.2. The molecule has 5 rings (SSSR count). The predicted molar refractivity (Wildman–Crippen MR) is 127 cm³/mol. The second-order valence-electron chi connectivity index (χ2n) is 8.34. The number of benzene rings is 2. The molecule has 35 heavy (non-hydrogen) atoms. The summed E-state index contributed by atoms with van der Waals surface area (Å²) in [5.74, 6) is -1.73. The number of aryl methyl sites for hydroxylation is 1. The van der Waals surface area contributed by atoms with Gasteiger partial charge in [0.2, 0.25) is 5.13 Å². The van der Waals surface area contributed by atoms with Gasteiger partial charge in [-0.05, 0) is 55.3 Å². The van der Waals surface area contributed by atoms with E-state index < -0.39 is 23.7 Å². The first-order valence-corrected chi connectivity index (χ1v) is 11.7. The molecular formula is C25H21N3O6S. The Hall–Kier alpha value is -4.05. The lowest BCUT2D eigenvalue weighted by atomic mass is 9.94. The summed E-state index contributed by atoms with van der Waals surface area (Å²) in [6.45, 7) is 3.69. The lowest BCUT2D eigenvalue weighted by Gasteiger charge is -2.22. The number of carbonyl (C=O) groups excluding carboxylic acids is 3. The van der Waals surface area contributed by atoms with Crippen LogP contribution in [0.3, 0.4) is 0 Å². The Morgan fingerprint density at radius 3 is 2.51 bits per heavy atom. The van der Waals surface area contributed by atoms with Crippen molar-refractivity contribution < 1.29 is 29.0 Å². The van der Waals surface area contributed by atoms with Crippen molar-refractivity contribution in [3.05, 3.63) is 75.3 Å². The molecule has 2 aliphatic rings. The van der Waals surface area contributed by atoms with Crippen molar-refractivity contribution in [1.29, 1.82) is 0 Å². The van der Waals surface area contributed by atoms with Crippen molar-refractivity contribution in [3.63, 3.8) is 0 Å². The third-order valence-corrected chi connectivity index (χ3v) is 6.82. The fourth-order valence-electron chi connectivity index (χ4n) is 4.37. The van der Waals surface area contributed by atoms with Crippen molar-refractivity contribution in [2.75, 3.05) is 12.0 Å². The minimum Gasteiger partial charge on any atom is -0.507 e. The van der Waals surface area contributed by atoms with Crippen LogP contribution in [0.5, 0.6) is 5.75 Å². The number of aliphatic hydroxyl groups is 1. The average molecular weight is 492 g/mol. The summed E-state index contributed by atoms with van der Waals surface area (Å²) in [6, 6.07) is 10.5. The maximum absolute atomic E-state index is 13.3. The summed E-state index contributed by atoms with van der Waals surface area (Å²) in [5.41, 5.74) is 2.08. The maximum Gasteiger partial charge on any atom is 0.337 e. The molecule has 0 aliphatic carbocycles. The normalized spacial score (nSPS) is 20.6. The van der Waals surface area contributed by atoms with E-state index in [0.717, 1.165) is 22.6 Å². The number of ketones is 1. The number of aromatic nitrogens is 2. The van der Waals surface area contributed by atoms with Gasteiger partial charge in [0.15, 0.2) is 0 Å². The molecule has 3 heterocycles. The molecule has 1 fully saturated rings. The van der Waals surface area contributed by atoms with E-state index in [1.807, 2.05) is 6.92 Å². The third kappa shape index (κ3) is 3.85.